The number of aromatic nitrogens is 1. The standard InChI is InChI=1S/C12H14BrN3O2S/c1-18-5-4-14-11(17)7-15-12-16-9-6-8(13)2-3-10(9)19-12/h2-3,6H,4-5,7H2,1H3,(H,14,17)(H,15,16). The number of methoxy groups -OCH3 is 1. The van der Waals surface area contributed by atoms with Crippen molar-refractivity contribution in [1.82, 2.24) is 10.3 Å². The zero-order chi connectivity index (χ0) is 13.7. The van der Waals surface area contributed by atoms with Crippen molar-refractivity contribution in [2.45, 2.75) is 0 Å². The van der Waals surface area contributed by atoms with E-state index in [0.29, 0.717) is 13.2 Å². The molecule has 5 nitrogen and oxygen atoms in total. The summed E-state index contributed by atoms with van der Waals surface area (Å²) in [7, 11) is 1.60. The Balaban J connectivity index is 1.89. The largest absolute Gasteiger partial charge is 0.383 e. The van der Waals surface area contributed by atoms with E-state index in [9.17, 15) is 4.79 Å². The van der Waals surface area contributed by atoms with Gasteiger partial charge in [0, 0.05) is 18.1 Å². The molecule has 102 valence electrons. The van der Waals surface area contributed by atoms with E-state index in [1.807, 2.05) is 18.2 Å². The molecule has 0 aliphatic heterocycles. The van der Waals surface area contributed by atoms with Crippen molar-refractivity contribution in [3.63, 3.8) is 0 Å². The van der Waals surface area contributed by atoms with E-state index in [1.54, 1.807) is 7.11 Å². The Hall–Kier alpha value is -1.18. The van der Waals surface area contributed by atoms with Gasteiger partial charge in [-0.2, -0.15) is 0 Å². The van der Waals surface area contributed by atoms with E-state index in [1.165, 1.54) is 11.3 Å². The molecule has 1 heterocycles. The van der Waals surface area contributed by atoms with Gasteiger partial charge in [0.15, 0.2) is 5.13 Å². The number of nitrogens with zero attached hydrogens (tertiary/aromatic N) is 1. The molecule has 1 amide bonds. The van der Waals surface area contributed by atoms with Crippen LogP contribution in [0.2, 0.25) is 0 Å². The number of benzene rings is 1. The maximum Gasteiger partial charge on any atom is 0.239 e. The van der Waals surface area contributed by atoms with Crippen molar-refractivity contribution in [3.8, 4) is 0 Å². The number of halogens is 1. The van der Waals surface area contributed by atoms with Crippen LogP contribution in [0.4, 0.5) is 5.13 Å². The molecular weight excluding hydrogens is 330 g/mol. The molecule has 7 heteroatoms. The predicted molar refractivity (Wildman–Crippen MR) is 80.7 cm³/mol. The molecule has 0 unspecified atom stereocenters. The average molecular weight is 344 g/mol. The molecule has 0 bridgehead atoms. The SMILES string of the molecule is COCCNC(=O)CNc1nc2cc(Br)ccc2s1. The highest BCUT2D eigenvalue weighted by molar-refractivity contribution is 9.10. The van der Waals surface area contributed by atoms with E-state index in [2.05, 4.69) is 31.5 Å². The summed E-state index contributed by atoms with van der Waals surface area (Å²) in [5, 5.41) is 6.50. The third-order valence-electron chi connectivity index (χ3n) is 2.38. The van der Waals surface area contributed by atoms with Crippen LogP contribution < -0.4 is 10.6 Å². The Kier molecular flexibility index (Phi) is 5.12. The molecule has 2 N–H and O–H groups in total. The lowest BCUT2D eigenvalue weighted by Crippen LogP contribution is -2.32. The number of thiazole rings is 1. The Bertz CT molecular complexity index is 573. The predicted octanol–water partition coefficient (Wildman–Crippen LogP) is 2.23. The summed E-state index contributed by atoms with van der Waals surface area (Å²) in [6.45, 7) is 1.25. The van der Waals surface area contributed by atoms with Crippen LogP contribution in [-0.4, -0.2) is 37.7 Å². The third-order valence-corrected chi connectivity index (χ3v) is 3.87. The summed E-state index contributed by atoms with van der Waals surface area (Å²) >= 11 is 4.94. The highest BCUT2D eigenvalue weighted by Gasteiger charge is 2.06. The van der Waals surface area contributed by atoms with Gasteiger partial charge in [-0.15, -0.1) is 0 Å². The fraction of sp³-hybridized carbons (Fsp3) is 0.333. The molecule has 19 heavy (non-hydrogen) atoms. The molecule has 1 aromatic carbocycles. The Morgan fingerprint density at radius 1 is 1.53 bits per heavy atom. The van der Waals surface area contributed by atoms with Crippen molar-refractivity contribution in [2.75, 3.05) is 32.1 Å². The molecule has 0 aliphatic rings. The minimum atomic E-state index is -0.0718. The normalized spacial score (nSPS) is 10.6. The second-order valence-electron chi connectivity index (χ2n) is 3.83. The van der Waals surface area contributed by atoms with Crippen molar-refractivity contribution in [1.29, 1.82) is 0 Å². The number of fused-ring (bicyclic) bond motifs is 1. The smallest absolute Gasteiger partial charge is 0.239 e. The van der Waals surface area contributed by atoms with Gasteiger partial charge in [0.2, 0.25) is 5.91 Å². The van der Waals surface area contributed by atoms with E-state index in [4.69, 9.17) is 4.74 Å². The quantitative estimate of drug-likeness (QED) is 0.789. The van der Waals surface area contributed by atoms with E-state index < -0.39 is 0 Å². The lowest BCUT2D eigenvalue weighted by atomic mass is 10.3. The third kappa shape index (κ3) is 4.15. The van der Waals surface area contributed by atoms with Crippen LogP contribution in [0.15, 0.2) is 22.7 Å². The first-order valence-corrected chi connectivity index (χ1v) is 7.35. The minimum Gasteiger partial charge on any atom is -0.383 e. The monoisotopic (exact) mass is 343 g/mol. The number of carbonyl (C=O) groups excluding carboxylic acids is 1. The maximum absolute atomic E-state index is 11.5. The van der Waals surface area contributed by atoms with Crippen LogP contribution in [0.5, 0.6) is 0 Å². The molecule has 0 atom stereocenters. The van der Waals surface area contributed by atoms with E-state index >= 15 is 0 Å². The molecule has 0 spiro atoms. The molecule has 0 saturated heterocycles. The molecule has 0 saturated carbocycles. The van der Waals surface area contributed by atoms with Gasteiger partial charge < -0.3 is 15.4 Å². The van der Waals surface area contributed by atoms with Gasteiger partial charge in [0.25, 0.3) is 0 Å². The van der Waals surface area contributed by atoms with Gasteiger partial charge in [-0.1, -0.05) is 27.3 Å². The first kappa shape index (κ1) is 14.2. The first-order chi connectivity index (χ1) is 9.19. The summed E-state index contributed by atoms with van der Waals surface area (Å²) in [5.41, 5.74) is 0.918. The zero-order valence-electron chi connectivity index (χ0n) is 10.4. The molecule has 1 aromatic heterocycles. The number of rotatable bonds is 6. The summed E-state index contributed by atoms with van der Waals surface area (Å²) in [4.78, 5) is 15.9. The minimum absolute atomic E-state index is 0.0718. The Labute approximate surface area is 123 Å². The number of hydrogen-bond donors (Lipinski definition) is 2. The van der Waals surface area contributed by atoms with Gasteiger partial charge in [0.1, 0.15) is 0 Å². The molecule has 2 aromatic rings. The van der Waals surface area contributed by atoms with Gasteiger partial charge in [-0.25, -0.2) is 4.98 Å². The van der Waals surface area contributed by atoms with Gasteiger partial charge in [-0.3, -0.25) is 4.79 Å². The van der Waals surface area contributed by atoms with Crippen molar-refractivity contribution < 1.29 is 9.53 Å². The highest BCUT2D eigenvalue weighted by atomic mass is 79.9. The van der Waals surface area contributed by atoms with E-state index in [-0.39, 0.29) is 12.5 Å². The van der Waals surface area contributed by atoms with Gasteiger partial charge >= 0.3 is 0 Å². The molecular formula is C12H14BrN3O2S. The Morgan fingerprint density at radius 3 is 3.16 bits per heavy atom. The zero-order valence-corrected chi connectivity index (χ0v) is 12.8. The van der Waals surface area contributed by atoms with E-state index in [0.717, 1.165) is 19.8 Å². The van der Waals surface area contributed by atoms with Gasteiger partial charge in [0.05, 0.1) is 23.4 Å². The average Bonchev–Trinajstić information content (AvgIpc) is 2.78. The molecule has 0 radical (unpaired) electrons. The van der Waals surface area contributed by atoms with Crippen LogP contribution >= 0.6 is 27.3 Å². The lowest BCUT2D eigenvalue weighted by Gasteiger charge is -2.04. The van der Waals surface area contributed by atoms with Crippen molar-refractivity contribution in [2.24, 2.45) is 0 Å². The summed E-state index contributed by atoms with van der Waals surface area (Å²) < 4.78 is 6.94. The fourth-order valence-electron chi connectivity index (χ4n) is 1.49. The summed E-state index contributed by atoms with van der Waals surface area (Å²) in [6, 6.07) is 5.93. The Morgan fingerprint density at radius 2 is 2.37 bits per heavy atom. The van der Waals surface area contributed by atoms with Crippen LogP contribution in [0.3, 0.4) is 0 Å². The number of amides is 1. The second-order valence-corrected chi connectivity index (χ2v) is 5.77. The second kappa shape index (κ2) is 6.83. The number of ether oxygens (including phenoxy) is 1. The fourth-order valence-corrected chi connectivity index (χ4v) is 2.68. The molecule has 0 fully saturated rings. The summed E-state index contributed by atoms with van der Waals surface area (Å²) in [6.07, 6.45) is 0. The van der Waals surface area contributed by atoms with Crippen LogP contribution in [-0.2, 0) is 9.53 Å². The van der Waals surface area contributed by atoms with Crippen LogP contribution in [0.1, 0.15) is 0 Å². The lowest BCUT2D eigenvalue weighted by molar-refractivity contribution is -0.119. The number of carbonyl (C=O) groups is 1. The van der Waals surface area contributed by atoms with Crippen LogP contribution in [0.25, 0.3) is 10.2 Å². The number of hydrogen-bond acceptors (Lipinski definition) is 5. The maximum atomic E-state index is 11.5. The van der Waals surface area contributed by atoms with Gasteiger partial charge in [-0.05, 0) is 18.2 Å². The summed E-state index contributed by atoms with van der Waals surface area (Å²) in [5.74, 6) is -0.0718. The molecule has 0 aliphatic carbocycles. The number of nitrogens with one attached hydrogen (secondary N) is 2. The topological polar surface area (TPSA) is 63.2 Å². The van der Waals surface area contributed by atoms with Crippen molar-refractivity contribution >= 4 is 48.5 Å². The van der Waals surface area contributed by atoms with Crippen molar-refractivity contribution in [3.05, 3.63) is 22.7 Å². The number of anilines is 1. The van der Waals surface area contributed by atoms with Crippen LogP contribution in [0, 0.1) is 0 Å². The molecule has 2 rings (SSSR count). The highest BCUT2D eigenvalue weighted by Crippen LogP contribution is 2.27. The first-order valence-electron chi connectivity index (χ1n) is 5.74.